The molecule has 4 N–H and O–H groups in total. The third-order valence-electron chi connectivity index (χ3n) is 2.93. The summed E-state index contributed by atoms with van der Waals surface area (Å²) in [7, 11) is 0. The molecular weight excluding hydrogens is 312 g/mol. The van der Waals surface area contributed by atoms with Crippen LogP contribution >= 0.6 is 23.3 Å². The van der Waals surface area contributed by atoms with Crippen molar-refractivity contribution in [1.82, 2.24) is 8.75 Å². The number of aromatic nitrogens is 2. The molecule has 0 unspecified atom stereocenters. The van der Waals surface area contributed by atoms with Crippen molar-refractivity contribution in [2.45, 2.75) is 0 Å². The minimum Gasteiger partial charge on any atom is -0.505 e. The van der Waals surface area contributed by atoms with Gasteiger partial charge in [-0.15, -0.1) is 0 Å². The Morgan fingerprint density at radius 3 is 2.90 bits per heavy atom. The van der Waals surface area contributed by atoms with Gasteiger partial charge in [-0.05, 0) is 24.3 Å². The first-order valence-electron chi connectivity index (χ1n) is 5.87. The molecule has 3 rings (SSSR count). The predicted molar refractivity (Wildman–Crippen MR) is 82.9 cm³/mol. The monoisotopic (exact) mass is 320 g/mol. The van der Waals surface area contributed by atoms with Crippen LogP contribution in [0.2, 0.25) is 5.02 Å². The molecule has 106 valence electrons. The van der Waals surface area contributed by atoms with E-state index in [1.54, 1.807) is 18.2 Å². The van der Waals surface area contributed by atoms with Gasteiger partial charge in [-0.1, -0.05) is 17.7 Å². The molecule has 21 heavy (non-hydrogen) atoms. The van der Waals surface area contributed by atoms with Gasteiger partial charge in [0.2, 0.25) is 0 Å². The number of anilines is 2. The van der Waals surface area contributed by atoms with Crippen LogP contribution in [0, 0.1) is 0 Å². The molecule has 2 aromatic carbocycles. The van der Waals surface area contributed by atoms with Crippen LogP contribution < -0.4 is 11.1 Å². The maximum atomic E-state index is 12.3. The van der Waals surface area contributed by atoms with Crippen LogP contribution in [0.3, 0.4) is 0 Å². The van der Waals surface area contributed by atoms with E-state index in [2.05, 4.69) is 14.1 Å². The molecule has 1 aromatic heterocycles. The summed E-state index contributed by atoms with van der Waals surface area (Å²) in [5.41, 5.74) is 7.26. The minimum absolute atomic E-state index is 0.0614. The van der Waals surface area contributed by atoms with Crippen LogP contribution in [0.4, 0.5) is 11.4 Å². The summed E-state index contributed by atoms with van der Waals surface area (Å²) >= 11 is 7.12. The third-order valence-corrected chi connectivity index (χ3v) is 3.78. The first-order chi connectivity index (χ1) is 10.1. The number of nitrogens with one attached hydrogen (secondary N) is 1. The Labute approximate surface area is 128 Å². The molecule has 0 bridgehead atoms. The average Bonchev–Trinajstić information content (AvgIpc) is 2.93. The van der Waals surface area contributed by atoms with Crippen molar-refractivity contribution >= 4 is 51.6 Å². The Morgan fingerprint density at radius 1 is 1.29 bits per heavy atom. The molecule has 8 heteroatoms. The Bertz CT molecular complexity index is 849. The topological polar surface area (TPSA) is 101 Å². The Kier molecular flexibility index (Phi) is 3.36. The van der Waals surface area contributed by atoms with E-state index in [1.165, 1.54) is 12.1 Å². The number of carbonyl (C=O) groups is 1. The SMILES string of the molecule is Nc1cccc(C(=O)Nc2c(Cl)ccc3nsnc23)c1O. The lowest BCUT2D eigenvalue weighted by atomic mass is 10.1. The number of halogens is 1. The van der Waals surface area contributed by atoms with Gasteiger partial charge in [-0.25, -0.2) is 0 Å². The Balaban J connectivity index is 2.02. The lowest BCUT2D eigenvalue weighted by Crippen LogP contribution is -2.13. The number of nitrogens with two attached hydrogens (primary N) is 1. The highest BCUT2D eigenvalue weighted by Gasteiger charge is 2.17. The molecule has 0 atom stereocenters. The van der Waals surface area contributed by atoms with E-state index in [9.17, 15) is 9.90 Å². The van der Waals surface area contributed by atoms with Gasteiger partial charge >= 0.3 is 0 Å². The molecule has 0 aliphatic rings. The number of phenolic OH excluding ortho intramolecular Hbond substituents is 1. The molecular formula is C13H9ClN4O2S. The van der Waals surface area contributed by atoms with Crippen LogP contribution in [-0.4, -0.2) is 19.8 Å². The maximum Gasteiger partial charge on any atom is 0.259 e. The number of nitrogen functional groups attached to an aromatic ring is 1. The van der Waals surface area contributed by atoms with Gasteiger partial charge in [0.15, 0.2) is 5.75 Å². The number of hydrogen-bond donors (Lipinski definition) is 3. The number of fused-ring (bicyclic) bond motifs is 1. The number of amides is 1. The number of hydrogen-bond acceptors (Lipinski definition) is 6. The summed E-state index contributed by atoms with van der Waals surface area (Å²) in [4.78, 5) is 12.3. The lowest BCUT2D eigenvalue weighted by Gasteiger charge is -2.09. The van der Waals surface area contributed by atoms with Crippen molar-refractivity contribution in [2.75, 3.05) is 11.1 Å². The minimum atomic E-state index is -0.526. The number of rotatable bonds is 2. The third kappa shape index (κ3) is 2.37. The van der Waals surface area contributed by atoms with E-state index in [1.807, 2.05) is 0 Å². The van der Waals surface area contributed by atoms with E-state index in [0.717, 1.165) is 11.7 Å². The summed E-state index contributed by atoms with van der Waals surface area (Å²) in [6.07, 6.45) is 0. The quantitative estimate of drug-likeness (QED) is 0.498. The molecule has 3 aromatic rings. The van der Waals surface area contributed by atoms with E-state index < -0.39 is 5.91 Å². The van der Waals surface area contributed by atoms with Crippen LogP contribution in [0.25, 0.3) is 11.0 Å². The van der Waals surface area contributed by atoms with Crippen LogP contribution in [0.1, 0.15) is 10.4 Å². The normalized spacial score (nSPS) is 10.7. The fraction of sp³-hybridized carbons (Fsp3) is 0. The average molecular weight is 321 g/mol. The van der Waals surface area contributed by atoms with Crippen molar-refractivity contribution < 1.29 is 9.90 Å². The van der Waals surface area contributed by atoms with Gasteiger partial charge in [0.05, 0.1) is 33.7 Å². The van der Waals surface area contributed by atoms with Gasteiger partial charge in [0, 0.05) is 0 Å². The van der Waals surface area contributed by atoms with E-state index in [-0.39, 0.29) is 17.0 Å². The first kappa shape index (κ1) is 13.6. The largest absolute Gasteiger partial charge is 0.505 e. The lowest BCUT2D eigenvalue weighted by molar-refractivity contribution is 0.102. The molecule has 0 radical (unpaired) electrons. The zero-order chi connectivity index (χ0) is 15.0. The zero-order valence-corrected chi connectivity index (χ0v) is 12.1. The van der Waals surface area contributed by atoms with Gasteiger partial charge in [0.1, 0.15) is 11.0 Å². The molecule has 1 amide bonds. The number of aromatic hydroxyl groups is 1. The zero-order valence-electron chi connectivity index (χ0n) is 10.5. The van der Waals surface area contributed by atoms with Gasteiger partial charge in [-0.3, -0.25) is 4.79 Å². The van der Waals surface area contributed by atoms with E-state index in [4.69, 9.17) is 17.3 Å². The van der Waals surface area contributed by atoms with Crippen molar-refractivity contribution in [1.29, 1.82) is 0 Å². The molecule has 0 aliphatic carbocycles. The molecule has 0 saturated heterocycles. The second-order valence-corrected chi connectivity index (χ2v) is 5.19. The number of para-hydroxylation sites is 1. The van der Waals surface area contributed by atoms with Crippen LogP contribution in [0.15, 0.2) is 30.3 Å². The molecule has 0 aliphatic heterocycles. The summed E-state index contributed by atoms with van der Waals surface area (Å²) in [6, 6.07) is 7.89. The first-order valence-corrected chi connectivity index (χ1v) is 6.98. The maximum absolute atomic E-state index is 12.3. The highest BCUT2D eigenvalue weighted by Crippen LogP contribution is 2.31. The second kappa shape index (κ2) is 5.19. The molecule has 0 fully saturated rings. The summed E-state index contributed by atoms with van der Waals surface area (Å²) in [5.74, 6) is -0.795. The summed E-state index contributed by atoms with van der Waals surface area (Å²) in [5, 5.41) is 12.8. The predicted octanol–water partition coefficient (Wildman–Crippen LogP) is 2.88. The number of phenols is 1. The van der Waals surface area contributed by atoms with Crippen molar-refractivity contribution in [2.24, 2.45) is 0 Å². The highest BCUT2D eigenvalue weighted by molar-refractivity contribution is 7.00. The van der Waals surface area contributed by atoms with Gasteiger partial charge in [-0.2, -0.15) is 8.75 Å². The van der Waals surface area contributed by atoms with E-state index in [0.29, 0.717) is 21.7 Å². The number of benzene rings is 2. The Morgan fingerprint density at radius 2 is 2.10 bits per heavy atom. The van der Waals surface area contributed by atoms with Gasteiger partial charge in [0.25, 0.3) is 5.91 Å². The molecule has 0 spiro atoms. The van der Waals surface area contributed by atoms with Crippen LogP contribution in [-0.2, 0) is 0 Å². The van der Waals surface area contributed by atoms with Crippen LogP contribution in [0.5, 0.6) is 5.75 Å². The fourth-order valence-corrected chi connectivity index (χ4v) is 2.61. The molecule has 6 nitrogen and oxygen atoms in total. The Hall–Kier alpha value is -2.38. The summed E-state index contributed by atoms with van der Waals surface area (Å²) in [6.45, 7) is 0. The van der Waals surface area contributed by atoms with Crippen molar-refractivity contribution in [3.63, 3.8) is 0 Å². The molecule has 0 saturated carbocycles. The number of carbonyl (C=O) groups excluding carboxylic acids is 1. The van der Waals surface area contributed by atoms with Crippen molar-refractivity contribution in [3.8, 4) is 5.75 Å². The van der Waals surface area contributed by atoms with Gasteiger partial charge < -0.3 is 16.2 Å². The summed E-state index contributed by atoms with van der Waals surface area (Å²) < 4.78 is 8.19. The smallest absolute Gasteiger partial charge is 0.259 e. The standard InChI is InChI=1S/C13H9ClN4O2S/c14-7-4-5-9-11(18-21-17-9)10(7)16-13(20)6-2-1-3-8(15)12(6)19/h1-5,19H,15H2,(H,16,20). The van der Waals surface area contributed by atoms with Crippen molar-refractivity contribution in [3.05, 3.63) is 40.9 Å². The highest BCUT2D eigenvalue weighted by atomic mass is 35.5. The molecule has 1 heterocycles. The number of nitrogens with zero attached hydrogens (tertiary/aromatic N) is 2. The fourth-order valence-electron chi connectivity index (χ4n) is 1.87. The van der Waals surface area contributed by atoms with E-state index >= 15 is 0 Å². The second-order valence-electron chi connectivity index (χ2n) is 4.25.